The van der Waals surface area contributed by atoms with E-state index in [-0.39, 0.29) is 11.7 Å². The number of phenolic OH excluding ortho intramolecular Hbond substituents is 1. The summed E-state index contributed by atoms with van der Waals surface area (Å²) >= 11 is 2.16. The van der Waals surface area contributed by atoms with Crippen LogP contribution in [0.25, 0.3) is 0 Å². The number of nitrogens with one attached hydrogen (secondary N) is 1. The molecule has 2 heterocycles. The van der Waals surface area contributed by atoms with Gasteiger partial charge in [-0.15, -0.1) is 0 Å². The van der Waals surface area contributed by atoms with Crippen molar-refractivity contribution in [3.05, 3.63) is 27.3 Å². The van der Waals surface area contributed by atoms with Gasteiger partial charge in [0.25, 0.3) is 5.91 Å². The number of hydrogen-bond donors (Lipinski definition) is 2. The normalized spacial score (nSPS) is 26.3. The third-order valence-electron chi connectivity index (χ3n) is 4.08. The maximum absolute atomic E-state index is 12.5. The molecule has 2 saturated heterocycles. The zero-order valence-corrected chi connectivity index (χ0v) is 12.8. The number of benzene rings is 1. The lowest BCUT2D eigenvalue weighted by molar-refractivity contribution is 0.0782. The molecule has 2 aliphatic rings. The predicted molar refractivity (Wildman–Crippen MR) is 81.2 cm³/mol. The number of nitrogens with zero attached hydrogens (tertiary/aromatic N) is 1. The number of phenols is 1. The first kappa shape index (κ1) is 13.2. The summed E-state index contributed by atoms with van der Waals surface area (Å²) in [6.07, 6.45) is 2.39. The fraction of sp³-hybridized carbons (Fsp3) is 0.500. The summed E-state index contributed by atoms with van der Waals surface area (Å²) in [5.74, 6) is 0.600. The van der Waals surface area contributed by atoms with Crippen molar-refractivity contribution in [2.24, 2.45) is 5.92 Å². The lowest BCUT2D eigenvalue weighted by atomic mass is 9.94. The molecule has 0 aromatic heterocycles. The van der Waals surface area contributed by atoms with Crippen LogP contribution in [0.15, 0.2) is 18.2 Å². The zero-order valence-electron chi connectivity index (χ0n) is 10.6. The molecule has 1 aromatic carbocycles. The second-order valence-corrected chi connectivity index (χ2v) is 6.58. The Balaban J connectivity index is 1.79. The molecule has 1 amide bonds. The van der Waals surface area contributed by atoms with Crippen molar-refractivity contribution in [1.82, 2.24) is 10.2 Å². The molecule has 0 bridgehead atoms. The summed E-state index contributed by atoms with van der Waals surface area (Å²) < 4.78 is 0.966. The third kappa shape index (κ3) is 2.58. The van der Waals surface area contributed by atoms with Gasteiger partial charge in [-0.05, 0) is 66.1 Å². The van der Waals surface area contributed by atoms with Gasteiger partial charge in [-0.25, -0.2) is 0 Å². The quantitative estimate of drug-likeness (QED) is 0.740. The second kappa shape index (κ2) is 5.28. The van der Waals surface area contributed by atoms with Crippen LogP contribution in [0, 0.1) is 9.49 Å². The third-order valence-corrected chi connectivity index (χ3v) is 4.75. The van der Waals surface area contributed by atoms with Crippen molar-refractivity contribution < 1.29 is 9.90 Å². The Hall–Kier alpha value is -0.820. The number of carbonyl (C=O) groups is 1. The lowest BCUT2D eigenvalue weighted by Crippen LogP contribution is -2.41. The zero-order chi connectivity index (χ0) is 13.4. The summed E-state index contributed by atoms with van der Waals surface area (Å²) in [5, 5.41) is 13.3. The molecular weight excluding hydrogens is 355 g/mol. The molecule has 2 atom stereocenters. The maximum atomic E-state index is 12.5. The Bertz CT molecular complexity index is 492. The highest BCUT2D eigenvalue weighted by Gasteiger charge is 2.37. The molecule has 5 heteroatoms. The summed E-state index contributed by atoms with van der Waals surface area (Å²) in [7, 11) is 0. The van der Waals surface area contributed by atoms with E-state index in [9.17, 15) is 9.90 Å². The van der Waals surface area contributed by atoms with Gasteiger partial charge in [0.05, 0.1) is 5.56 Å². The number of carbonyl (C=O) groups excluding carboxylic acids is 1. The van der Waals surface area contributed by atoms with Crippen molar-refractivity contribution >= 4 is 28.5 Å². The molecule has 0 saturated carbocycles. The Labute approximate surface area is 126 Å². The molecule has 0 unspecified atom stereocenters. The van der Waals surface area contributed by atoms with Gasteiger partial charge in [-0.2, -0.15) is 0 Å². The number of halogens is 1. The minimum atomic E-state index is -0.0489. The first-order valence-electron chi connectivity index (χ1n) is 6.66. The maximum Gasteiger partial charge on any atom is 0.257 e. The van der Waals surface area contributed by atoms with E-state index in [4.69, 9.17) is 0 Å². The molecule has 0 spiro atoms. The van der Waals surface area contributed by atoms with Crippen molar-refractivity contribution in [1.29, 1.82) is 0 Å². The fourth-order valence-electron chi connectivity index (χ4n) is 3.06. The molecule has 1 aromatic rings. The molecule has 0 aliphatic carbocycles. The first-order chi connectivity index (χ1) is 9.15. The van der Waals surface area contributed by atoms with Gasteiger partial charge in [0.2, 0.25) is 0 Å². The average Bonchev–Trinajstić information content (AvgIpc) is 2.84. The van der Waals surface area contributed by atoms with Crippen LogP contribution < -0.4 is 5.32 Å². The molecule has 19 heavy (non-hydrogen) atoms. The van der Waals surface area contributed by atoms with Gasteiger partial charge >= 0.3 is 0 Å². The summed E-state index contributed by atoms with van der Waals surface area (Å²) in [4.78, 5) is 14.4. The summed E-state index contributed by atoms with van der Waals surface area (Å²) in [6, 6.07) is 5.59. The van der Waals surface area contributed by atoms with Gasteiger partial charge in [0, 0.05) is 22.7 Å². The van der Waals surface area contributed by atoms with Crippen LogP contribution in [0.4, 0.5) is 0 Å². The van der Waals surface area contributed by atoms with E-state index in [0.717, 1.165) is 23.2 Å². The van der Waals surface area contributed by atoms with Crippen LogP contribution in [0.3, 0.4) is 0 Å². The largest absolute Gasteiger partial charge is 0.507 e. The number of rotatable bonds is 1. The monoisotopic (exact) mass is 372 g/mol. The Kier molecular flexibility index (Phi) is 3.66. The average molecular weight is 372 g/mol. The Morgan fingerprint density at radius 3 is 3.05 bits per heavy atom. The Morgan fingerprint density at radius 2 is 2.26 bits per heavy atom. The van der Waals surface area contributed by atoms with E-state index in [1.807, 2.05) is 4.90 Å². The summed E-state index contributed by atoms with van der Waals surface area (Å²) in [5.41, 5.74) is 0.422. The topological polar surface area (TPSA) is 52.6 Å². The minimum Gasteiger partial charge on any atom is -0.507 e. The van der Waals surface area contributed by atoms with E-state index < -0.39 is 0 Å². The number of likely N-dealkylation sites (tertiary alicyclic amines) is 1. The van der Waals surface area contributed by atoms with E-state index >= 15 is 0 Å². The standard InChI is InChI=1S/C14H17IN2O2/c15-10-3-4-13(18)11(6-10)14(19)17-7-9-2-1-5-16-12(9)8-17/h3-4,6,9,12,16,18H,1-2,5,7-8H2/t9-,12+/m0/s1. The number of amides is 1. The molecule has 102 valence electrons. The van der Waals surface area contributed by atoms with E-state index in [2.05, 4.69) is 27.9 Å². The number of aromatic hydroxyl groups is 1. The van der Waals surface area contributed by atoms with Gasteiger partial charge in [0.15, 0.2) is 0 Å². The van der Waals surface area contributed by atoms with Crippen molar-refractivity contribution in [3.8, 4) is 5.75 Å². The molecule has 4 nitrogen and oxygen atoms in total. The van der Waals surface area contributed by atoms with Crippen molar-refractivity contribution in [2.75, 3.05) is 19.6 Å². The van der Waals surface area contributed by atoms with Crippen LogP contribution in [0.1, 0.15) is 23.2 Å². The highest BCUT2D eigenvalue weighted by molar-refractivity contribution is 14.1. The van der Waals surface area contributed by atoms with Gasteiger partial charge in [-0.3, -0.25) is 4.79 Å². The molecule has 2 N–H and O–H groups in total. The van der Waals surface area contributed by atoms with Gasteiger partial charge in [-0.1, -0.05) is 0 Å². The minimum absolute atomic E-state index is 0.0489. The van der Waals surface area contributed by atoms with E-state index in [0.29, 0.717) is 17.5 Å². The number of fused-ring (bicyclic) bond motifs is 1. The fourth-order valence-corrected chi connectivity index (χ4v) is 3.55. The molecule has 3 rings (SSSR count). The molecule has 0 radical (unpaired) electrons. The molecule has 2 fully saturated rings. The predicted octanol–water partition coefficient (Wildman–Crippen LogP) is 1.82. The van der Waals surface area contributed by atoms with Gasteiger partial charge in [0.1, 0.15) is 5.75 Å². The highest BCUT2D eigenvalue weighted by atomic mass is 127. The lowest BCUT2D eigenvalue weighted by Gasteiger charge is -2.24. The summed E-state index contributed by atoms with van der Waals surface area (Å²) in [6.45, 7) is 2.62. The van der Waals surface area contributed by atoms with E-state index in [1.54, 1.807) is 18.2 Å². The smallest absolute Gasteiger partial charge is 0.257 e. The first-order valence-corrected chi connectivity index (χ1v) is 7.74. The highest BCUT2D eigenvalue weighted by Crippen LogP contribution is 2.28. The van der Waals surface area contributed by atoms with Crippen LogP contribution in [-0.2, 0) is 0 Å². The van der Waals surface area contributed by atoms with Gasteiger partial charge < -0.3 is 15.3 Å². The molecule has 2 aliphatic heterocycles. The van der Waals surface area contributed by atoms with Crippen molar-refractivity contribution in [3.63, 3.8) is 0 Å². The number of hydrogen-bond acceptors (Lipinski definition) is 3. The number of piperidine rings is 1. The van der Waals surface area contributed by atoms with Crippen molar-refractivity contribution in [2.45, 2.75) is 18.9 Å². The van der Waals surface area contributed by atoms with Crippen LogP contribution >= 0.6 is 22.6 Å². The van der Waals surface area contributed by atoms with Crippen LogP contribution in [-0.4, -0.2) is 41.6 Å². The van der Waals surface area contributed by atoms with Crippen LogP contribution in [0.5, 0.6) is 5.75 Å². The second-order valence-electron chi connectivity index (χ2n) is 5.33. The molecular formula is C14H17IN2O2. The van der Waals surface area contributed by atoms with Crippen LogP contribution in [0.2, 0.25) is 0 Å². The van der Waals surface area contributed by atoms with E-state index in [1.165, 1.54) is 12.8 Å². The SMILES string of the molecule is O=C(c1cc(I)ccc1O)N1C[C@@H]2CCCN[C@@H]2C1. The Morgan fingerprint density at radius 1 is 1.42 bits per heavy atom.